The monoisotopic (exact) mass is 550 g/mol. The number of fused-ring (bicyclic) bond motifs is 1. The van der Waals surface area contributed by atoms with Crippen LogP contribution in [-0.4, -0.2) is 41.8 Å². The summed E-state index contributed by atoms with van der Waals surface area (Å²) in [4.78, 5) is 18.4. The average molecular weight is 551 g/mol. The molecule has 5 atom stereocenters. The van der Waals surface area contributed by atoms with Crippen LogP contribution in [0.3, 0.4) is 0 Å². The fourth-order valence-electron chi connectivity index (χ4n) is 5.63. The van der Waals surface area contributed by atoms with Crippen molar-refractivity contribution in [3.63, 3.8) is 0 Å². The Morgan fingerprint density at radius 3 is 2.67 bits per heavy atom. The first-order chi connectivity index (χ1) is 18.5. The van der Waals surface area contributed by atoms with Crippen molar-refractivity contribution in [2.75, 3.05) is 19.7 Å². The van der Waals surface area contributed by atoms with Crippen molar-refractivity contribution < 1.29 is 40.6 Å². The number of hydrogen-bond donors (Lipinski definition) is 0. The predicted octanol–water partition coefficient (Wildman–Crippen LogP) is 6.22. The van der Waals surface area contributed by atoms with Crippen molar-refractivity contribution in [2.24, 2.45) is 11.8 Å². The zero-order valence-electron chi connectivity index (χ0n) is 21.3. The number of carbonyl (C=O) groups is 1. The van der Waals surface area contributed by atoms with Gasteiger partial charge in [-0.3, -0.25) is 4.79 Å². The van der Waals surface area contributed by atoms with Gasteiger partial charge in [-0.1, -0.05) is 12.1 Å². The molecule has 0 aliphatic carbocycles. The minimum Gasteiger partial charge on any atom is -0.438 e. The third-order valence-corrected chi connectivity index (χ3v) is 7.55. The highest BCUT2D eigenvalue weighted by Gasteiger charge is 2.49. The highest BCUT2D eigenvalue weighted by atomic mass is 19.4. The summed E-state index contributed by atoms with van der Waals surface area (Å²) in [6.45, 7) is 3.28. The summed E-state index contributed by atoms with van der Waals surface area (Å²) in [6.07, 6.45) is -3.91. The molecule has 2 aliphatic rings. The van der Waals surface area contributed by atoms with Crippen LogP contribution in [0.4, 0.5) is 22.0 Å². The van der Waals surface area contributed by atoms with Crippen molar-refractivity contribution in [2.45, 2.75) is 45.0 Å². The van der Waals surface area contributed by atoms with E-state index < -0.39 is 42.5 Å². The molecule has 39 heavy (non-hydrogen) atoms. The molecule has 1 aromatic heterocycles. The molecule has 2 saturated heterocycles. The van der Waals surface area contributed by atoms with Crippen LogP contribution in [-0.2, 0) is 22.3 Å². The molecule has 5 rings (SSSR count). The number of amides is 1. The minimum atomic E-state index is -4.65. The van der Waals surface area contributed by atoms with Gasteiger partial charge in [-0.25, -0.2) is 13.8 Å². The molecule has 0 saturated carbocycles. The number of carbonyl (C=O) groups excluding carboxylic acids is 1. The predicted molar refractivity (Wildman–Crippen MR) is 129 cm³/mol. The summed E-state index contributed by atoms with van der Waals surface area (Å²) >= 11 is 0. The third-order valence-electron chi connectivity index (χ3n) is 7.55. The Bertz CT molecular complexity index is 1330. The fraction of sp³-hybridized carbons (Fsp3) is 0.429. The number of hydrogen-bond acceptors (Lipinski definition) is 5. The number of aromatic nitrogens is 1. The number of halogens is 5. The summed E-state index contributed by atoms with van der Waals surface area (Å²) in [5, 5.41) is 0. The van der Waals surface area contributed by atoms with Crippen LogP contribution in [0.5, 0.6) is 0 Å². The van der Waals surface area contributed by atoms with Crippen molar-refractivity contribution in [1.29, 1.82) is 0 Å². The van der Waals surface area contributed by atoms with Crippen molar-refractivity contribution in [1.82, 2.24) is 9.88 Å². The van der Waals surface area contributed by atoms with Gasteiger partial charge in [0.05, 0.1) is 24.5 Å². The number of oxazole rings is 1. The van der Waals surface area contributed by atoms with Gasteiger partial charge in [0, 0.05) is 24.9 Å². The molecule has 0 radical (unpaired) electrons. The summed E-state index contributed by atoms with van der Waals surface area (Å²) in [6, 6.07) is 7.44. The summed E-state index contributed by atoms with van der Waals surface area (Å²) in [5.41, 5.74) is 0.501. The van der Waals surface area contributed by atoms with Gasteiger partial charge in [-0.05, 0) is 66.3 Å². The molecule has 0 unspecified atom stereocenters. The van der Waals surface area contributed by atoms with E-state index in [1.807, 2.05) is 0 Å². The number of likely N-dealkylation sites (tertiary alicyclic amines) is 1. The average Bonchev–Trinajstić information content (AvgIpc) is 3.58. The quantitative estimate of drug-likeness (QED) is 0.341. The van der Waals surface area contributed by atoms with E-state index in [0.717, 1.165) is 17.7 Å². The molecule has 3 heterocycles. The molecule has 3 aromatic rings. The zero-order valence-corrected chi connectivity index (χ0v) is 21.3. The van der Waals surface area contributed by atoms with E-state index in [4.69, 9.17) is 13.9 Å². The van der Waals surface area contributed by atoms with Crippen LogP contribution < -0.4 is 0 Å². The van der Waals surface area contributed by atoms with E-state index in [0.29, 0.717) is 18.7 Å². The Morgan fingerprint density at radius 1 is 1.21 bits per heavy atom. The lowest BCUT2D eigenvalue weighted by molar-refractivity contribution is -0.217. The van der Waals surface area contributed by atoms with E-state index in [2.05, 4.69) is 4.98 Å². The second-order valence-corrected chi connectivity index (χ2v) is 10.1. The second kappa shape index (κ2) is 10.7. The first kappa shape index (κ1) is 27.3. The maximum Gasteiger partial charge on any atom is 0.416 e. The number of ether oxygens (including phenoxy) is 2. The maximum absolute atomic E-state index is 14.0. The molecule has 208 valence electrons. The molecular formula is C28H27F5N2O4. The van der Waals surface area contributed by atoms with Gasteiger partial charge in [-0.2, -0.15) is 13.2 Å². The lowest BCUT2D eigenvalue weighted by Crippen LogP contribution is -2.42. The van der Waals surface area contributed by atoms with Gasteiger partial charge in [0.1, 0.15) is 12.5 Å². The van der Waals surface area contributed by atoms with Crippen molar-refractivity contribution >= 4 is 5.91 Å². The van der Waals surface area contributed by atoms with E-state index in [1.54, 1.807) is 24.8 Å². The Morgan fingerprint density at radius 2 is 2.00 bits per heavy atom. The summed E-state index contributed by atoms with van der Waals surface area (Å²) in [5.74, 6) is -1.27. The Labute approximate surface area is 221 Å². The van der Waals surface area contributed by atoms with Gasteiger partial charge >= 0.3 is 6.18 Å². The Kier molecular flexibility index (Phi) is 7.47. The summed E-state index contributed by atoms with van der Waals surface area (Å²) < 4.78 is 85.3. The largest absolute Gasteiger partial charge is 0.438 e. The molecule has 2 aromatic carbocycles. The fourth-order valence-corrected chi connectivity index (χ4v) is 5.63. The van der Waals surface area contributed by atoms with Gasteiger partial charge in [-0.15, -0.1) is 0 Å². The smallest absolute Gasteiger partial charge is 0.416 e. The molecule has 0 N–H and O–H groups in total. The lowest BCUT2D eigenvalue weighted by atomic mass is 9.76. The van der Waals surface area contributed by atoms with E-state index in [-0.39, 0.29) is 41.2 Å². The lowest BCUT2D eigenvalue weighted by Gasteiger charge is -2.41. The maximum atomic E-state index is 14.0. The highest BCUT2D eigenvalue weighted by Crippen LogP contribution is 2.46. The van der Waals surface area contributed by atoms with E-state index in [9.17, 15) is 26.7 Å². The van der Waals surface area contributed by atoms with Crippen LogP contribution in [0.25, 0.3) is 0 Å². The topological polar surface area (TPSA) is 64.8 Å². The Balaban J connectivity index is 1.45. The van der Waals surface area contributed by atoms with Crippen LogP contribution in [0.1, 0.15) is 57.3 Å². The van der Waals surface area contributed by atoms with Crippen LogP contribution in [0.15, 0.2) is 53.4 Å². The molecule has 6 nitrogen and oxygen atoms in total. The first-order valence-corrected chi connectivity index (χ1v) is 12.5. The van der Waals surface area contributed by atoms with Gasteiger partial charge in [0.15, 0.2) is 12.7 Å². The molecular weight excluding hydrogens is 523 g/mol. The van der Waals surface area contributed by atoms with Crippen molar-refractivity contribution in [3.05, 3.63) is 88.4 Å². The van der Waals surface area contributed by atoms with E-state index in [1.165, 1.54) is 30.8 Å². The Hall–Kier alpha value is -3.31. The molecule has 0 bridgehead atoms. The molecule has 2 aliphatic heterocycles. The number of benzene rings is 2. The van der Waals surface area contributed by atoms with Gasteiger partial charge in [0.25, 0.3) is 5.91 Å². The number of nitrogens with zero attached hydrogens (tertiary/aromatic N) is 2. The number of alkyl halides is 4. The normalized spacial score (nSPS) is 24.0. The standard InChI is InChI=1S/C28H27F5N2O4/c1-15-5-21(30)3-4-22(15)25-23-12-35(26(36)24-10-34-14-38-24)11-19(23)13-37-27(25)39-16(2)18-6-17(9-29)7-20(8-18)28(31,32)33/h3-8,10,14,16,19,23,25,27H,9,11-13H2,1-2H3/t16-,19+,23-,25+,27-/m1/s1. The van der Waals surface area contributed by atoms with Gasteiger partial charge < -0.3 is 18.8 Å². The minimum absolute atomic E-state index is 0.0619. The molecule has 2 fully saturated rings. The van der Waals surface area contributed by atoms with E-state index >= 15 is 0 Å². The third kappa shape index (κ3) is 5.56. The first-order valence-electron chi connectivity index (χ1n) is 12.5. The zero-order chi connectivity index (χ0) is 27.9. The van der Waals surface area contributed by atoms with Crippen LogP contribution in [0.2, 0.25) is 0 Å². The highest BCUT2D eigenvalue weighted by molar-refractivity contribution is 5.91. The van der Waals surface area contributed by atoms with Crippen LogP contribution in [0, 0.1) is 24.6 Å². The van der Waals surface area contributed by atoms with Crippen molar-refractivity contribution in [3.8, 4) is 0 Å². The molecule has 1 amide bonds. The second-order valence-electron chi connectivity index (χ2n) is 10.1. The number of aryl methyl sites for hydroxylation is 1. The van der Waals surface area contributed by atoms with Crippen LogP contribution >= 0.6 is 0 Å². The van der Waals surface area contributed by atoms with Gasteiger partial charge in [0.2, 0.25) is 5.76 Å². The molecule has 0 spiro atoms. The SMILES string of the molecule is Cc1cc(F)ccc1[C@@H]1[C@@H](O[C@H](C)c2cc(CF)cc(C(F)(F)F)c2)OC[C@@H]2CN(C(=O)c3cnco3)C[C@H]21. The number of rotatable bonds is 6. The molecule has 11 heteroatoms. The summed E-state index contributed by atoms with van der Waals surface area (Å²) in [7, 11) is 0.